The lowest BCUT2D eigenvalue weighted by atomic mass is 10.2. The molecule has 0 aliphatic rings. The molecule has 0 nitrogen and oxygen atoms in total. The van der Waals surface area contributed by atoms with Crippen molar-refractivity contribution >= 4 is 16.9 Å². The van der Waals surface area contributed by atoms with Gasteiger partial charge in [-0.15, -0.1) is 0 Å². The van der Waals surface area contributed by atoms with Gasteiger partial charge in [-0.25, -0.2) is 0 Å². The van der Waals surface area contributed by atoms with E-state index in [1.54, 1.807) is 5.56 Å². The van der Waals surface area contributed by atoms with Crippen LogP contribution in [0.15, 0.2) is 30.3 Å². The average Bonchev–Trinajstić information content (AvgIpc) is 2.02. The van der Waals surface area contributed by atoms with Crippen LogP contribution in [0.4, 0.5) is 0 Å². The van der Waals surface area contributed by atoms with Gasteiger partial charge >= 0.3 is 0 Å². The molecule has 14 heavy (non-hydrogen) atoms. The first kappa shape index (κ1) is 11.7. The molecule has 0 aromatic heterocycles. The van der Waals surface area contributed by atoms with Crippen LogP contribution in [0.5, 0.6) is 0 Å². The number of hydrogen-bond acceptors (Lipinski definition) is 0. The summed E-state index contributed by atoms with van der Waals surface area (Å²) in [6.07, 6.45) is 0. The second-order valence-electron chi connectivity index (χ2n) is 5.29. The number of hydrogen-bond donors (Lipinski definition) is 0. The van der Waals surface area contributed by atoms with Crippen LogP contribution >= 0.6 is 0 Å². The highest BCUT2D eigenvalue weighted by Gasteiger charge is 2.30. The molecule has 0 amide bonds. The molecule has 0 spiro atoms. The predicted molar refractivity (Wildman–Crippen MR) is 70.0 cm³/mol. The summed E-state index contributed by atoms with van der Waals surface area (Å²) in [6.45, 7) is 12.4. The van der Waals surface area contributed by atoms with Gasteiger partial charge in [0.1, 0.15) is 0 Å². The van der Waals surface area contributed by atoms with Gasteiger partial charge < -0.3 is 0 Å². The Bertz CT molecular complexity index is 272. The Labute approximate surface area is 91.0 Å². The number of benzene rings is 1. The van der Waals surface area contributed by atoms with Crippen molar-refractivity contribution in [2.45, 2.75) is 37.9 Å². The summed E-state index contributed by atoms with van der Waals surface area (Å²) in [5.41, 5.74) is 1.57. The van der Waals surface area contributed by atoms with Crippen molar-refractivity contribution < 1.29 is 0 Å². The molecule has 1 rings (SSSR count). The maximum absolute atomic E-state index is 2.49. The Morgan fingerprint density at radius 3 is 1.86 bits per heavy atom. The first-order valence-electron chi connectivity index (χ1n) is 5.28. The lowest BCUT2D eigenvalue weighted by molar-refractivity contribution is 1.21. The minimum atomic E-state index is -1.05. The van der Waals surface area contributed by atoms with E-state index in [1.807, 2.05) is 0 Å². The van der Waals surface area contributed by atoms with E-state index in [1.165, 1.54) is 0 Å². The molecule has 0 saturated heterocycles. The molecule has 0 saturated carbocycles. The monoisotopic (exact) mass is 221 g/mol. The minimum Gasteiger partial charge on any atom is -0.0710 e. The highest BCUT2D eigenvalue weighted by Crippen LogP contribution is 2.29. The van der Waals surface area contributed by atoms with Crippen molar-refractivity contribution in [3.8, 4) is 0 Å². The third-order valence-corrected chi connectivity index (χ3v) is 10.5. The first-order chi connectivity index (χ1) is 6.43. The Morgan fingerprint density at radius 1 is 1.00 bits per heavy atom. The Kier molecular flexibility index (Phi) is 3.73. The zero-order chi connectivity index (χ0) is 10.8. The van der Waals surface area contributed by atoms with E-state index in [9.17, 15) is 0 Å². The van der Waals surface area contributed by atoms with Gasteiger partial charge in [-0.05, 0) is 5.16 Å². The molecule has 1 radical (unpaired) electrons. The van der Waals surface area contributed by atoms with E-state index >= 15 is 0 Å². The SMILES string of the molecule is C[Si](C)C(c1ccccc1)[Si](C)(C)C. The van der Waals surface area contributed by atoms with Crippen molar-refractivity contribution in [2.75, 3.05) is 0 Å². The summed E-state index contributed by atoms with van der Waals surface area (Å²) in [4.78, 5) is 0. The molecule has 0 fully saturated rings. The van der Waals surface area contributed by atoms with Crippen LogP contribution in [0.25, 0.3) is 0 Å². The summed E-state index contributed by atoms with van der Waals surface area (Å²) in [7, 11) is -1.27. The van der Waals surface area contributed by atoms with Gasteiger partial charge in [0.25, 0.3) is 0 Å². The van der Waals surface area contributed by atoms with Crippen LogP contribution in [0.1, 0.15) is 10.7 Å². The lowest BCUT2D eigenvalue weighted by Gasteiger charge is -2.32. The molecule has 0 aliphatic heterocycles. The molecular weight excluding hydrogens is 200 g/mol. The Balaban J connectivity index is 3.02. The van der Waals surface area contributed by atoms with Crippen LogP contribution in [-0.2, 0) is 0 Å². The Morgan fingerprint density at radius 2 is 1.50 bits per heavy atom. The van der Waals surface area contributed by atoms with Gasteiger partial charge in [-0.3, -0.25) is 0 Å². The van der Waals surface area contributed by atoms with E-state index in [2.05, 4.69) is 63.1 Å². The average molecular weight is 221 g/mol. The third-order valence-electron chi connectivity index (χ3n) is 2.58. The molecule has 77 valence electrons. The lowest BCUT2D eigenvalue weighted by Crippen LogP contribution is -2.38. The molecular formula is C12H21Si2. The fourth-order valence-electron chi connectivity index (χ4n) is 2.34. The highest BCUT2D eigenvalue weighted by atomic mass is 28.4. The molecule has 1 aromatic carbocycles. The molecule has 0 heterocycles. The van der Waals surface area contributed by atoms with Crippen LogP contribution in [0.3, 0.4) is 0 Å². The third kappa shape index (κ3) is 2.82. The van der Waals surface area contributed by atoms with E-state index in [4.69, 9.17) is 0 Å². The van der Waals surface area contributed by atoms with Gasteiger partial charge in [-0.1, -0.05) is 68.6 Å². The normalized spacial score (nSPS) is 14.4. The molecule has 1 aromatic rings. The highest BCUT2D eigenvalue weighted by molar-refractivity contribution is 6.89. The fourth-order valence-corrected chi connectivity index (χ4v) is 11.3. The summed E-state index contributed by atoms with van der Waals surface area (Å²) in [5, 5.41) is 0.883. The van der Waals surface area contributed by atoms with Gasteiger partial charge in [0.05, 0.1) is 0 Å². The second-order valence-corrected chi connectivity index (χ2v) is 13.9. The topological polar surface area (TPSA) is 0 Å². The maximum Gasteiger partial charge on any atom is 0.0490 e. The van der Waals surface area contributed by atoms with Crippen LogP contribution < -0.4 is 0 Å². The quantitative estimate of drug-likeness (QED) is 0.678. The minimum absolute atomic E-state index is 0.221. The molecule has 1 unspecified atom stereocenters. The smallest absolute Gasteiger partial charge is 0.0490 e. The molecule has 0 aliphatic carbocycles. The predicted octanol–water partition coefficient (Wildman–Crippen LogP) is 3.94. The number of rotatable bonds is 3. The molecule has 0 N–H and O–H groups in total. The zero-order valence-electron chi connectivity index (χ0n) is 9.96. The fraction of sp³-hybridized carbons (Fsp3) is 0.500. The van der Waals surface area contributed by atoms with Gasteiger partial charge in [-0.2, -0.15) is 0 Å². The van der Waals surface area contributed by atoms with Crippen molar-refractivity contribution in [3.63, 3.8) is 0 Å². The second kappa shape index (κ2) is 4.45. The van der Waals surface area contributed by atoms with E-state index in [0.29, 0.717) is 0 Å². The van der Waals surface area contributed by atoms with Crippen LogP contribution in [0.2, 0.25) is 32.7 Å². The Hall–Kier alpha value is -0.346. The summed E-state index contributed by atoms with van der Waals surface area (Å²) < 4.78 is 0. The largest absolute Gasteiger partial charge is 0.0710 e. The van der Waals surface area contributed by atoms with Gasteiger partial charge in [0, 0.05) is 16.9 Å². The first-order valence-corrected chi connectivity index (χ1v) is 11.4. The van der Waals surface area contributed by atoms with E-state index in [-0.39, 0.29) is 8.80 Å². The van der Waals surface area contributed by atoms with Crippen molar-refractivity contribution in [3.05, 3.63) is 35.9 Å². The summed E-state index contributed by atoms with van der Waals surface area (Å²) >= 11 is 0. The van der Waals surface area contributed by atoms with Crippen LogP contribution in [0, 0.1) is 0 Å². The maximum atomic E-state index is 2.49. The van der Waals surface area contributed by atoms with E-state index < -0.39 is 8.07 Å². The summed E-state index contributed by atoms with van der Waals surface area (Å²) in [6, 6.07) is 11.1. The van der Waals surface area contributed by atoms with Gasteiger partial charge in [0.2, 0.25) is 0 Å². The van der Waals surface area contributed by atoms with Crippen molar-refractivity contribution in [2.24, 2.45) is 0 Å². The van der Waals surface area contributed by atoms with Crippen molar-refractivity contribution in [1.29, 1.82) is 0 Å². The van der Waals surface area contributed by atoms with Crippen molar-refractivity contribution in [1.82, 2.24) is 0 Å². The molecule has 2 heteroatoms. The molecule has 0 bridgehead atoms. The summed E-state index contributed by atoms with van der Waals surface area (Å²) in [5.74, 6) is 0. The standard InChI is InChI=1S/C12H21Si2/c1-13(2)12(14(3,4)5)11-9-7-6-8-10-11/h6-10,12H,1-5H3. The zero-order valence-corrected chi connectivity index (χ0v) is 12.0. The molecule has 1 atom stereocenters. The van der Waals surface area contributed by atoms with E-state index in [0.717, 1.165) is 5.16 Å². The van der Waals surface area contributed by atoms with Crippen LogP contribution in [-0.4, -0.2) is 16.9 Å². The van der Waals surface area contributed by atoms with Gasteiger partial charge in [0.15, 0.2) is 0 Å².